The van der Waals surface area contributed by atoms with Gasteiger partial charge in [0, 0.05) is 31.8 Å². The van der Waals surface area contributed by atoms with Crippen molar-refractivity contribution in [2.45, 2.75) is 44.8 Å². The predicted octanol–water partition coefficient (Wildman–Crippen LogP) is 5.55. The number of imidazole rings is 1. The summed E-state index contributed by atoms with van der Waals surface area (Å²) >= 11 is 12.2. The number of carboxylic acid groups (broad SMARTS) is 1. The molecule has 4 rings (SSSR count). The van der Waals surface area contributed by atoms with Gasteiger partial charge in [-0.05, 0) is 56.0 Å². The van der Waals surface area contributed by atoms with Crippen molar-refractivity contribution in [1.29, 1.82) is 0 Å². The maximum Gasteiger partial charge on any atom is 0.407 e. The fourth-order valence-corrected chi connectivity index (χ4v) is 4.78. The lowest BCUT2D eigenvalue weighted by Crippen LogP contribution is -2.49. The van der Waals surface area contributed by atoms with Crippen molar-refractivity contribution in [2.24, 2.45) is 0 Å². The fraction of sp³-hybridized carbons (Fsp3) is 0.417. The highest BCUT2D eigenvalue weighted by atomic mass is 35.5. The zero-order chi connectivity index (χ0) is 23.4. The molecule has 3 aromatic rings. The van der Waals surface area contributed by atoms with Crippen LogP contribution >= 0.6 is 23.2 Å². The molecule has 2 aromatic carbocycles. The van der Waals surface area contributed by atoms with Gasteiger partial charge in [0.2, 0.25) is 5.95 Å². The van der Waals surface area contributed by atoms with Gasteiger partial charge in [0.25, 0.3) is 0 Å². The number of para-hydroxylation sites is 2. The summed E-state index contributed by atoms with van der Waals surface area (Å²) in [5.74, 6) is 0.790. The number of likely N-dealkylation sites (tertiary alicyclic amines) is 1. The average molecular weight is 491 g/mol. The summed E-state index contributed by atoms with van der Waals surface area (Å²) in [7, 11) is 0. The van der Waals surface area contributed by atoms with Gasteiger partial charge in [-0.3, -0.25) is 0 Å². The smallest absolute Gasteiger partial charge is 0.407 e. The Hall–Kier alpha value is -2.48. The Morgan fingerprint density at radius 1 is 1.24 bits per heavy atom. The number of ether oxygens (including phenoxy) is 1. The van der Waals surface area contributed by atoms with Crippen LogP contribution in [0.4, 0.5) is 10.7 Å². The Balaban J connectivity index is 1.53. The minimum Gasteiger partial charge on any atom is -0.465 e. The second-order valence-electron chi connectivity index (χ2n) is 8.22. The van der Waals surface area contributed by atoms with Crippen molar-refractivity contribution < 1.29 is 14.6 Å². The largest absolute Gasteiger partial charge is 0.465 e. The molecule has 1 amide bonds. The van der Waals surface area contributed by atoms with Gasteiger partial charge >= 0.3 is 6.09 Å². The molecule has 33 heavy (non-hydrogen) atoms. The molecule has 1 aliphatic rings. The van der Waals surface area contributed by atoms with Gasteiger partial charge in [-0.25, -0.2) is 9.78 Å². The third-order valence-corrected chi connectivity index (χ3v) is 6.81. The second kappa shape index (κ2) is 10.6. The molecule has 7 nitrogen and oxygen atoms in total. The van der Waals surface area contributed by atoms with Gasteiger partial charge in [-0.2, -0.15) is 0 Å². The van der Waals surface area contributed by atoms with E-state index < -0.39 is 6.09 Å². The number of fused-ring (bicyclic) bond motifs is 1. The number of anilines is 1. The zero-order valence-corrected chi connectivity index (χ0v) is 20.0. The molecule has 0 unspecified atom stereocenters. The predicted molar refractivity (Wildman–Crippen MR) is 132 cm³/mol. The molecule has 2 N–H and O–H groups in total. The van der Waals surface area contributed by atoms with E-state index in [9.17, 15) is 9.90 Å². The third kappa shape index (κ3) is 5.54. The van der Waals surface area contributed by atoms with Gasteiger partial charge in [0.05, 0.1) is 27.7 Å². The lowest BCUT2D eigenvalue weighted by molar-refractivity contribution is 0.103. The maximum atomic E-state index is 11.9. The third-order valence-electron chi connectivity index (χ3n) is 6.07. The first-order valence-electron chi connectivity index (χ1n) is 11.2. The molecule has 9 heteroatoms. The second-order valence-corrected chi connectivity index (χ2v) is 9.04. The number of carbonyl (C=O) groups is 1. The van der Waals surface area contributed by atoms with Gasteiger partial charge in [-0.15, -0.1) is 0 Å². The molecule has 2 atom stereocenters. The average Bonchev–Trinajstić information content (AvgIpc) is 3.13. The van der Waals surface area contributed by atoms with Gasteiger partial charge in [0.1, 0.15) is 0 Å². The van der Waals surface area contributed by atoms with Gasteiger partial charge in [-0.1, -0.05) is 41.4 Å². The number of hydrogen-bond donors (Lipinski definition) is 2. The van der Waals surface area contributed by atoms with Crippen LogP contribution in [0.25, 0.3) is 11.0 Å². The number of amides is 1. The number of hydrogen-bond acceptors (Lipinski definition) is 4. The molecule has 1 aromatic heterocycles. The Labute approximate surface area is 203 Å². The molecule has 0 saturated carbocycles. The number of nitrogens with zero attached hydrogens (tertiary/aromatic N) is 3. The Morgan fingerprint density at radius 3 is 2.82 bits per heavy atom. The first kappa shape index (κ1) is 23.7. The number of nitrogens with one attached hydrogen (secondary N) is 1. The van der Waals surface area contributed by atoms with E-state index in [0.717, 1.165) is 22.5 Å². The van der Waals surface area contributed by atoms with Crippen LogP contribution < -0.4 is 5.32 Å². The monoisotopic (exact) mass is 490 g/mol. The summed E-state index contributed by atoms with van der Waals surface area (Å²) in [6.45, 7) is 4.40. The molecular weight excluding hydrogens is 463 g/mol. The van der Waals surface area contributed by atoms with Crippen LogP contribution in [-0.4, -0.2) is 57.5 Å². The van der Waals surface area contributed by atoms with Crippen molar-refractivity contribution in [2.75, 3.05) is 25.1 Å². The lowest BCUT2D eigenvalue weighted by atomic mass is 9.92. The highest BCUT2D eigenvalue weighted by Crippen LogP contribution is 2.28. The summed E-state index contributed by atoms with van der Waals surface area (Å²) in [5.41, 5.74) is 2.94. The van der Waals surface area contributed by atoms with Crippen LogP contribution in [0.3, 0.4) is 0 Å². The van der Waals surface area contributed by atoms with Crippen molar-refractivity contribution in [3.05, 3.63) is 58.1 Å². The van der Waals surface area contributed by atoms with Crippen molar-refractivity contribution in [3.63, 3.8) is 0 Å². The van der Waals surface area contributed by atoms with Gasteiger partial charge in [0.15, 0.2) is 0 Å². The summed E-state index contributed by atoms with van der Waals surface area (Å²) in [4.78, 5) is 18.2. The number of halogens is 2. The van der Waals surface area contributed by atoms with Crippen LogP contribution in [0.15, 0.2) is 42.5 Å². The van der Waals surface area contributed by atoms with Crippen molar-refractivity contribution >= 4 is 46.3 Å². The van der Waals surface area contributed by atoms with E-state index in [-0.39, 0.29) is 12.1 Å². The maximum absolute atomic E-state index is 11.9. The number of rotatable bonds is 8. The molecule has 176 valence electrons. The summed E-state index contributed by atoms with van der Waals surface area (Å²) < 4.78 is 7.72. The molecular formula is C24H28Cl2N4O3. The van der Waals surface area contributed by atoms with Crippen molar-refractivity contribution in [1.82, 2.24) is 14.5 Å². The van der Waals surface area contributed by atoms with E-state index in [0.29, 0.717) is 55.6 Å². The fourth-order valence-electron chi connectivity index (χ4n) is 4.46. The van der Waals surface area contributed by atoms with Crippen LogP contribution in [-0.2, 0) is 17.7 Å². The molecule has 1 fully saturated rings. The minimum absolute atomic E-state index is 0.0935. The lowest BCUT2D eigenvalue weighted by Gasteiger charge is -2.38. The van der Waals surface area contributed by atoms with Crippen LogP contribution in [0, 0.1) is 0 Å². The van der Waals surface area contributed by atoms with E-state index in [1.54, 1.807) is 6.07 Å². The first-order chi connectivity index (χ1) is 16.0. The number of piperidine rings is 1. The van der Waals surface area contributed by atoms with E-state index in [1.165, 1.54) is 4.90 Å². The number of aromatic nitrogens is 2. The minimum atomic E-state index is -0.900. The Bertz CT molecular complexity index is 1120. The number of benzene rings is 2. The molecule has 0 radical (unpaired) electrons. The molecule has 1 aliphatic heterocycles. The zero-order valence-electron chi connectivity index (χ0n) is 18.5. The van der Waals surface area contributed by atoms with E-state index in [4.69, 9.17) is 32.9 Å². The molecule has 0 aliphatic carbocycles. The van der Waals surface area contributed by atoms with Crippen LogP contribution in [0.5, 0.6) is 0 Å². The molecule has 2 heterocycles. The highest BCUT2D eigenvalue weighted by molar-refractivity contribution is 6.42. The highest BCUT2D eigenvalue weighted by Gasteiger charge is 2.32. The SMILES string of the molecule is CCOCCn1c(N[C@H]2CCN(C(=O)O)[C@@H](Cc3ccc(Cl)c(Cl)c3)C2)nc2ccccc21. The molecule has 0 bridgehead atoms. The van der Waals surface area contributed by atoms with Gasteiger partial charge < -0.3 is 24.6 Å². The van der Waals surface area contributed by atoms with E-state index >= 15 is 0 Å². The molecule has 1 saturated heterocycles. The Morgan fingerprint density at radius 2 is 2.06 bits per heavy atom. The van der Waals surface area contributed by atoms with E-state index in [1.807, 2.05) is 37.3 Å². The first-order valence-corrected chi connectivity index (χ1v) is 11.9. The Kier molecular flexibility index (Phi) is 7.63. The topological polar surface area (TPSA) is 79.6 Å². The van der Waals surface area contributed by atoms with Crippen LogP contribution in [0.1, 0.15) is 25.3 Å². The van der Waals surface area contributed by atoms with Crippen molar-refractivity contribution in [3.8, 4) is 0 Å². The van der Waals surface area contributed by atoms with Crippen LogP contribution in [0.2, 0.25) is 10.0 Å². The standard InChI is InChI=1S/C24H28Cl2N4O3/c1-2-33-12-11-30-22-6-4-3-5-21(22)28-23(30)27-17-9-10-29(24(31)32)18(15-17)13-16-7-8-19(25)20(26)14-16/h3-8,14,17-18H,2,9-13,15H2,1H3,(H,27,28)(H,31,32)/t17-,18-/m0/s1. The summed E-state index contributed by atoms with van der Waals surface area (Å²) in [6.07, 6.45) is 1.05. The normalized spacial score (nSPS) is 18.6. The quantitative estimate of drug-likeness (QED) is 0.404. The summed E-state index contributed by atoms with van der Waals surface area (Å²) in [5, 5.41) is 14.3. The summed E-state index contributed by atoms with van der Waals surface area (Å²) in [6, 6.07) is 13.4. The molecule has 0 spiro atoms. The van der Waals surface area contributed by atoms with E-state index in [2.05, 4.69) is 16.0 Å².